The molecular formula is C102H126F3N9O15S3. The Kier molecular flexibility index (Phi) is 32.1. The van der Waals surface area contributed by atoms with Crippen LogP contribution in [-0.2, 0) is 101 Å². The molecule has 0 aliphatic carbocycles. The lowest BCUT2D eigenvalue weighted by Gasteiger charge is -2.35. The van der Waals surface area contributed by atoms with Crippen molar-refractivity contribution in [1.29, 1.82) is 0 Å². The third-order valence-electron chi connectivity index (χ3n) is 29.0. The Bertz CT molecular complexity index is 5000. The number of benzene rings is 6. The van der Waals surface area contributed by atoms with Crippen LogP contribution < -0.4 is 28.9 Å². The average Bonchev–Trinajstić information content (AvgIpc) is 1.62. The van der Waals surface area contributed by atoms with Crippen molar-refractivity contribution in [1.82, 2.24) is 29.7 Å². The molecule has 6 atom stereocenters. The number of aliphatic carboxylic acids is 3. The van der Waals surface area contributed by atoms with E-state index in [9.17, 15) is 42.9 Å². The number of hydrogen-bond acceptors (Lipinski definition) is 24. The van der Waals surface area contributed by atoms with E-state index in [4.69, 9.17) is 57.6 Å². The number of nitrogens with zero attached hydrogens (tertiary/aromatic N) is 9. The van der Waals surface area contributed by atoms with Crippen LogP contribution >= 0.6 is 34.0 Å². The van der Waals surface area contributed by atoms with Crippen molar-refractivity contribution in [2.24, 2.45) is 17.8 Å². The summed E-state index contributed by atoms with van der Waals surface area (Å²) in [5.41, 5.74) is 21.8. The number of ether oxygens (including phenoxy) is 9. The molecule has 0 radical (unpaired) electrons. The molecule has 132 heavy (non-hydrogen) atoms. The monoisotopic (exact) mass is 1870 g/mol. The fourth-order valence-corrected chi connectivity index (χ4v) is 23.7. The number of carboxylic acids is 3. The largest absolute Gasteiger partial charge is 0.488 e. The highest BCUT2D eigenvalue weighted by Crippen LogP contribution is 2.44. The third-order valence-corrected chi connectivity index (χ3v) is 31.7. The SMILES string of the molecule is CO[C@@H]1CN(c2nc(-c3cc(F)cc(C)c3OCc3ccc4c(c3C)CCN(C3CCOCC3)CC4)cs2)CC[C@@H]1C(=O)O.CO[C@@H]1CN(c2nc(-c3cc(F)cc(C)c3OCc3ccc4c(c3C)CCN(C3CCOCC3)CC4)cs2)CC[C@@H]1C(=O)O.CO[C@@H]1CN(c2nc(-c3cc(F)cc(C)c3OCc3ccc4c(c3C)CCN(C3CCOCC3)CC4)cs2)CC[C@@H]1C(=O)O. The normalized spacial score (nSPS) is 21.6. The first-order valence-corrected chi connectivity index (χ1v) is 49.5. The molecule has 24 nitrogen and oxygen atoms in total. The fourth-order valence-electron chi connectivity index (χ4n) is 21.2. The maximum Gasteiger partial charge on any atom is 0.309 e. The van der Waals surface area contributed by atoms with Crippen LogP contribution in [-0.4, -0.2) is 239 Å². The molecule has 9 aliphatic heterocycles. The minimum absolute atomic E-state index is 0.337. The first kappa shape index (κ1) is 96.0. The Morgan fingerprint density at radius 3 is 0.902 bits per heavy atom. The van der Waals surface area contributed by atoms with E-state index in [1.54, 1.807) is 21.3 Å². The molecule has 0 bridgehead atoms. The second-order valence-electron chi connectivity index (χ2n) is 36.7. The van der Waals surface area contributed by atoms with Crippen LogP contribution in [0.4, 0.5) is 28.6 Å². The van der Waals surface area contributed by atoms with Gasteiger partial charge >= 0.3 is 17.9 Å². The quantitative estimate of drug-likeness (QED) is 0.0508. The summed E-state index contributed by atoms with van der Waals surface area (Å²) in [5.74, 6) is -3.26. The van der Waals surface area contributed by atoms with Gasteiger partial charge in [0.25, 0.3) is 0 Å². The lowest BCUT2D eigenvalue weighted by molar-refractivity contribution is -0.148. The van der Waals surface area contributed by atoms with Crippen LogP contribution in [0.3, 0.4) is 0 Å². The Labute approximate surface area is 784 Å². The Balaban J connectivity index is 0.000000144. The molecule has 6 aromatic carbocycles. The standard InChI is InChI=1S/3C34H42FN3O5S/c3*1-21-16-25(35)17-29(30-20-44-34(36-30)38-13-8-28(33(39)40)31(18-38)41-3)32(21)43-19-24-5-4-23-6-11-37(12-7-27(23)22(24)2)26-9-14-42-15-10-26/h3*4-5,16-17,20,26,28,31H,6-15,18-19H2,1-3H3,(H,39,40)/t3*28-,31+/m000/s1. The minimum atomic E-state index is -0.838. The third kappa shape index (κ3) is 22.3. The number of hydrogen-bond donors (Lipinski definition) is 3. The van der Waals surface area contributed by atoms with E-state index in [0.717, 1.165) is 205 Å². The van der Waals surface area contributed by atoms with E-state index in [-0.39, 0.29) is 17.5 Å². The van der Waals surface area contributed by atoms with Crippen LogP contribution in [0.15, 0.2) is 88.9 Å². The van der Waals surface area contributed by atoms with Gasteiger partial charge in [-0.25, -0.2) is 28.1 Å². The number of thiazole rings is 3. The van der Waals surface area contributed by atoms with Gasteiger partial charge in [0.05, 0.1) is 53.1 Å². The first-order chi connectivity index (χ1) is 64.0. The van der Waals surface area contributed by atoms with Gasteiger partial charge in [-0.05, 0) is 258 Å². The van der Waals surface area contributed by atoms with Crippen LogP contribution in [0.1, 0.15) is 141 Å². The fraction of sp³-hybridized carbons (Fsp3) is 0.529. The van der Waals surface area contributed by atoms with Gasteiger partial charge in [-0.15, -0.1) is 34.0 Å². The van der Waals surface area contributed by atoms with Crippen LogP contribution in [0.2, 0.25) is 0 Å². The topological polar surface area (TPSA) is 253 Å². The summed E-state index contributed by atoms with van der Waals surface area (Å²) in [6.07, 6.45) is 13.1. The van der Waals surface area contributed by atoms with Gasteiger partial charge in [-0.2, -0.15) is 0 Å². The van der Waals surface area contributed by atoms with Gasteiger partial charge in [-0.1, -0.05) is 36.4 Å². The summed E-state index contributed by atoms with van der Waals surface area (Å²) in [6, 6.07) is 24.2. The molecule has 6 fully saturated rings. The molecule has 0 unspecified atom stereocenters. The molecule has 708 valence electrons. The Hall–Kier alpha value is -9.15. The highest BCUT2D eigenvalue weighted by molar-refractivity contribution is 7.14. The second-order valence-corrected chi connectivity index (χ2v) is 39.2. The molecule has 12 heterocycles. The lowest BCUT2D eigenvalue weighted by Crippen LogP contribution is -2.47. The minimum Gasteiger partial charge on any atom is -0.488 e. The first-order valence-electron chi connectivity index (χ1n) is 46.9. The van der Waals surface area contributed by atoms with Crippen molar-refractivity contribution in [2.45, 2.75) is 194 Å². The zero-order valence-corrected chi connectivity index (χ0v) is 79.9. The smallest absolute Gasteiger partial charge is 0.309 e. The molecule has 3 aromatic heterocycles. The van der Waals surface area contributed by atoms with E-state index < -0.39 is 54.0 Å². The van der Waals surface area contributed by atoms with Crippen molar-refractivity contribution in [2.75, 3.05) is 154 Å². The van der Waals surface area contributed by atoms with E-state index in [2.05, 4.69) is 86.6 Å². The highest BCUT2D eigenvalue weighted by atomic mass is 32.1. The number of anilines is 3. The summed E-state index contributed by atoms with van der Waals surface area (Å²) in [4.78, 5) is 63.6. The predicted molar refractivity (Wildman–Crippen MR) is 508 cm³/mol. The predicted octanol–water partition coefficient (Wildman–Crippen LogP) is 17.0. The van der Waals surface area contributed by atoms with Gasteiger partial charge in [0.2, 0.25) is 0 Å². The average molecular weight is 1870 g/mol. The molecule has 9 aromatic rings. The lowest BCUT2D eigenvalue weighted by atomic mass is 9.94. The van der Waals surface area contributed by atoms with Gasteiger partial charge in [-0.3, -0.25) is 29.1 Å². The van der Waals surface area contributed by atoms with Gasteiger partial charge < -0.3 is 72.7 Å². The van der Waals surface area contributed by atoms with Crippen molar-refractivity contribution in [3.05, 3.63) is 190 Å². The summed E-state index contributed by atoms with van der Waals surface area (Å²) in [7, 11) is 4.64. The van der Waals surface area contributed by atoms with E-state index >= 15 is 0 Å². The maximum absolute atomic E-state index is 14.7. The number of methoxy groups -OCH3 is 3. The van der Waals surface area contributed by atoms with E-state index in [1.807, 2.05) is 36.9 Å². The van der Waals surface area contributed by atoms with E-state index in [0.29, 0.717) is 147 Å². The molecule has 0 saturated carbocycles. The van der Waals surface area contributed by atoms with Crippen LogP contribution in [0.25, 0.3) is 33.8 Å². The molecule has 0 amide bonds. The molecule has 0 spiro atoms. The summed E-state index contributed by atoms with van der Waals surface area (Å²) >= 11 is 4.38. The molecule has 30 heteroatoms. The number of aryl methyl sites for hydroxylation is 3. The number of carbonyl (C=O) groups is 3. The number of rotatable bonds is 24. The Morgan fingerprint density at radius 1 is 0.379 bits per heavy atom. The zero-order valence-electron chi connectivity index (χ0n) is 77.4. The van der Waals surface area contributed by atoms with Crippen molar-refractivity contribution < 1.29 is 85.5 Å². The molecule has 3 N–H and O–H groups in total. The van der Waals surface area contributed by atoms with Crippen molar-refractivity contribution in [3.8, 4) is 51.0 Å². The molecule has 9 aliphatic rings. The van der Waals surface area contributed by atoms with Gasteiger partial charge in [0, 0.05) is 190 Å². The maximum atomic E-state index is 14.7. The van der Waals surface area contributed by atoms with Crippen LogP contribution in [0, 0.1) is 76.7 Å². The number of aromatic nitrogens is 3. The second kappa shape index (κ2) is 44.1. The molecule has 18 rings (SSSR count). The Morgan fingerprint density at radius 2 is 0.644 bits per heavy atom. The number of fused-ring (bicyclic) bond motifs is 3. The molecule has 6 saturated heterocycles. The summed E-state index contributed by atoms with van der Waals surface area (Å²) in [5, 5.41) is 36.7. The van der Waals surface area contributed by atoms with Crippen molar-refractivity contribution >= 4 is 67.3 Å². The van der Waals surface area contributed by atoms with Crippen LogP contribution in [0.5, 0.6) is 17.2 Å². The summed E-state index contributed by atoms with van der Waals surface area (Å²) in [6.45, 7) is 28.0. The number of piperidine rings is 3. The van der Waals surface area contributed by atoms with Gasteiger partial charge in [0.15, 0.2) is 15.4 Å². The summed E-state index contributed by atoms with van der Waals surface area (Å²) < 4.78 is 96.9. The van der Waals surface area contributed by atoms with E-state index in [1.165, 1.54) is 120 Å². The van der Waals surface area contributed by atoms with Crippen molar-refractivity contribution in [3.63, 3.8) is 0 Å². The number of halogens is 3. The molecular weight excluding hydrogens is 1740 g/mol. The van der Waals surface area contributed by atoms with Gasteiger partial charge in [0.1, 0.15) is 54.5 Å². The zero-order chi connectivity index (χ0) is 92.4. The highest BCUT2D eigenvalue weighted by Gasteiger charge is 2.40. The number of carboxylic acid groups (broad SMARTS) is 3.